The number of cyclic esters (lactones) is 1. The number of esters is 1. The largest absolute Gasteiger partial charge is 0.458 e. The van der Waals surface area contributed by atoms with E-state index in [0.717, 1.165) is 22.9 Å². The number of ether oxygens (including phenoxy) is 2. The first-order valence-electron chi connectivity index (χ1n) is 21.5. The van der Waals surface area contributed by atoms with Crippen LogP contribution in [0.2, 0.25) is 0 Å². The normalized spacial score (nSPS) is 14.9. The standard InChI is InChI=1S/C28H29FN4O7.C15H23N3O4.C2H6/c1-14-7-17-16(5-3-4-6-39-13-31-26(36)15(2)30-12-34)19-10-33-23(24(19)32-22(17)9-21(14)29)8-18-20(27(33)37)11-40-28(38)25(18)35;1-11(2)17-13(20)10-16-12(19)6-4-3-5-9-18-14(21)7-8-15(18)22;1-2/h7-9,12,15,25,35H,3-6,10-11,13H2,1-2H3,(H,30,34)(H,31,36);7-8,11H,3-6,9-10H2,1-2H3,(H,16,19)(H,17,20);1-2H3/t15-,25?;;/m0../s1. The van der Waals surface area contributed by atoms with Crippen molar-refractivity contribution in [2.45, 2.75) is 118 Å². The van der Waals surface area contributed by atoms with Crippen molar-refractivity contribution in [1.82, 2.24) is 35.7 Å². The van der Waals surface area contributed by atoms with Gasteiger partial charge in [-0.1, -0.05) is 20.3 Å². The Kier molecular flexibility index (Phi) is 18.8. The summed E-state index contributed by atoms with van der Waals surface area (Å²) in [5.74, 6) is -2.49. The average Bonchev–Trinajstić information content (AvgIpc) is 3.79. The Morgan fingerprint density at radius 1 is 0.969 bits per heavy atom. The Morgan fingerprint density at radius 3 is 2.38 bits per heavy atom. The van der Waals surface area contributed by atoms with Crippen LogP contribution in [0.25, 0.3) is 22.3 Å². The van der Waals surface area contributed by atoms with Crippen LogP contribution in [-0.4, -0.2) is 100.0 Å². The van der Waals surface area contributed by atoms with E-state index in [1.54, 1.807) is 30.5 Å². The SMILES string of the molecule is CC.CC(C)NC(=O)CNC(=O)CCCCCN1C(=O)C=CC1=O.Cc1cc2c(CCCCOCNC(=O)[C@H](C)NC=O)c3c(nc2cc1F)-c1cc2c(c(=O)n1C3)COC(=O)C2O. The number of hydrogen-bond acceptors (Lipinski definition) is 12. The summed E-state index contributed by atoms with van der Waals surface area (Å²) in [5.41, 5.74) is 3.79. The molecular weight excluding hydrogens is 834 g/mol. The summed E-state index contributed by atoms with van der Waals surface area (Å²) < 4.78 is 26.6. The van der Waals surface area contributed by atoms with Crippen molar-refractivity contribution in [2.24, 2.45) is 0 Å². The smallest absolute Gasteiger partial charge is 0.340 e. The highest BCUT2D eigenvalue weighted by atomic mass is 19.1. The molecule has 0 saturated carbocycles. The van der Waals surface area contributed by atoms with Gasteiger partial charge in [-0.3, -0.25) is 38.5 Å². The maximum atomic E-state index is 14.5. The molecule has 3 aliphatic rings. The molecule has 18 nitrogen and oxygen atoms in total. The highest BCUT2D eigenvalue weighted by Crippen LogP contribution is 2.39. The van der Waals surface area contributed by atoms with Crippen molar-refractivity contribution in [1.29, 1.82) is 0 Å². The Morgan fingerprint density at radius 2 is 1.69 bits per heavy atom. The van der Waals surface area contributed by atoms with Gasteiger partial charge in [0.1, 0.15) is 25.2 Å². The number of aromatic nitrogens is 2. The van der Waals surface area contributed by atoms with Gasteiger partial charge in [-0.25, -0.2) is 14.2 Å². The zero-order valence-corrected chi connectivity index (χ0v) is 37.1. The van der Waals surface area contributed by atoms with Gasteiger partial charge in [-0.05, 0) is 83.1 Å². The zero-order chi connectivity index (χ0) is 47.1. The number of aryl methyl sites for hydroxylation is 2. The van der Waals surface area contributed by atoms with Crippen molar-refractivity contribution in [3.8, 4) is 11.4 Å². The number of benzene rings is 1. The lowest BCUT2D eigenvalue weighted by Crippen LogP contribution is -2.42. The molecule has 3 aromatic rings. The summed E-state index contributed by atoms with van der Waals surface area (Å²) >= 11 is 0. The molecule has 0 spiro atoms. The van der Waals surface area contributed by atoms with Crippen LogP contribution in [0.15, 0.2) is 35.1 Å². The Bertz CT molecular complexity index is 2310. The first-order chi connectivity index (χ1) is 30.6. The summed E-state index contributed by atoms with van der Waals surface area (Å²) in [4.78, 5) is 98.9. The Balaban J connectivity index is 0.000000318. The van der Waals surface area contributed by atoms with Gasteiger partial charge in [-0.15, -0.1) is 0 Å². The summed E-state index contributed by atoms with van der Waals surface area (Å²) in [6.07, 6.45) is 5.80. The van der Waals surface area contributed by atoms with Crippen LogP contribution in [-0.2, 0) is 62.6 Å². The predicted octanol–water partition coefficient (Wildman–Crippen LogP) is 2.65. The first-order valence-corrected chi connectivity index (χ1v) is 21.5. The van der Waals surface area contributed by atoms with Crippen LogP contribution in [0.5, 0.6) is 0 Å². The van der Waals surface area contributed by atoms with Crippen LogP contribution in [0.4, 0.5) is 4.39 Å². The maximum absolute atomic E-state index is 14.5. The van der Waals surface area contributed by atoms with Crippen LogP contribution in [0.3, 0.4) is 0 Å². The van der Waals surface area contributed by atoms with Gasteiger partial charge in [0.2, 0.25) is 24.1 Å². The van der Waals surface area contributed by atoms with E-state index in [1.807, 2.05) is 27.7 Å². The van der Waals surface area contributed by atoms with E-state index in [4.69, 9.17) is 14.5 Å². The lowest BCUT2D eigenvalue weighted by atomic mass is 9.94. The minimum absolute atomic E-state index is 0.0106. The highest BCUT2D eigenvalue weighted by molar-refractivity contribution is 6.12. The average molecular weight is 892 g/mol. The van der Waals surface area contributed by atoms with Gasteiger partial charge < -0.3 is 40.4 Å². The van der Waals surface area contributed by atoms with Gasteiger partial charge in [-0.2, -0.15) is 0 Å². The highest BCUT2D eigenvalue weighted by Gasteiger charge is 2.35. The minimum atomic E-state index is -1.55. The molecule has 0 saturated heterocycles. The molecule has 346 valence electrons. The quantitative estimate of drug-likeness (QED) is 0.0300. The number of amides is 6. The second-order valence-electron chi connectivity index (χ2n) is 15.4. The molecule has 5 N–H and O–H groups in total. The van der Waals surface area contributed by atoms with E-state index in [-0.39, 0.29) is 78.7 Å². The molecule has 1 unspecified atom stereocenters. The minimum Gasteiger partial charge on any atom is -0.458 e. The third kappa shape index (κ3) is 12.9. The lowest BCUT2D eigenvalue weighted by Gasteiger charge is -2.21. The number of halogens is 1. The number of nitrogens with one attached hydrogen (secondary N) is 4. The van der Waals surface area contributed by atoms with E-state index < -0.39 is 23.9 Å². The fourth-order valence-electron chi connectivity index (χ4n) is 7.18. The summed E-state index contributed by atoms with van der Waals surface area (Å²) in [6, 6.07) is 4.14. The number of pyridine rings is 2. The molecule has 0 radical (unpaired) electrons. The van der Waals surface area contributed by atoms with E-state index in [9.17, 15) is 47.9 Å². The molecule has 5 heterocycles. The molecule has 2 atom stereocenters. The summed E-state index contributed by atoms with van der Waals surface area (Å²) in [5, 5.41) is 21.4. The third-order valence-corrected chi connectivity index (χ3v) is 10.5. The molecule has 6 amide bonds. The molecule has 6 rings (SSSR count). The third-order valence-electron chi connectivity index (χ3n) is 10.5. The number of nitrogens with zero attached hydrogens (tertiary/aromatic N) is 3. The lowest BCUT2D eigenvalue weighted by molar-refractivity contribution is -0.157. The monoisotopic (exact) mass is 891 g/mol. The Labute approximate surface area is 370 Å². The van der Waals surface area contributed by atoms with Crippen molar-refractivity contribution < 1.29 is 52.5 Å². The van der Waals surface area contributed by atoms with E-state index in [2.05, 4.69) is 21.3 Å². The molecule has 0 bridgehead atoms. The van der Waals surface area contributed by atoms with Crippen molar-refractivity contribution in [3.63, 3.8) is 0 Å². The molecule has 0 fully saturated rings. The van der Waals surface area contributed by atoms with Gasteiger partial charge in [0.25, 0.3) is 17.4 Å². The second kappa shape index (κ2) is 23.9. The molecule has 64 heavy (non-hydrogen) atoms. The molecule has 0 aliphatic carbocycles. The number of aliphatic hydroxyl groups is 1. The van der Waals surface area contributed by atoms with Crippen LogP contribution in [0.1, 0.15) is 107 Å². The van der Waals surface area contributed by atoms with Crippen LogP contribution in [0, 0.1) is 12.7 Å². The zero-order valence-electron chi connectivity index (χ0n) is 37.1. The first kappa shape index (κ1) is 50.3. The van der Waals surface area contributed by atoms with Crippen LogP contribution >= 0.6 is 0 Å². The number of imide groups is 1. The van der Waals surface area contributed by atoms with Crippen molar-refractivity contribution in [2.75, 3.05) is 26.4 Å². The van der Waals surface area contributed by atoms with Gasteiger partial charge in [0, 0.05) is 60.3 Å². The maximum Gasteiger partial charge on any atom is 0.340 e. The number of hydrogen-bond donors (Lipinski definition) is 5. The number of unbranched alkanes of at least 4 members (excludes halogenated alkanes) is 3. The molecule has 1 aromatic carbocycles. The van der Waals surface area contributed by atoms with Crippen LogP contribution < -0.4 is 26.8 Å². The molecular formula is C45H58FN7O11. The number of carbonyl (C=O) groups excluding carboxylic acids is 7. The fourth-order valence-corrected chi connectivity index (χ4v) is 7.18. The molecule has 19 heteroatoms. The number of rotatable bonds is 19. The second-order valence-corrected chi connectivity index (χ2v) is 15.4. The van der Waals surface area contributed by atoms with Gasteiger partial charge >= 0.3 is 5.97 Å². The van der Waals surface area contributed by atoms with Crippen molar-refractivity contribution >= 4 is 52.8 Å². The topological polar surface area (TPSA) is 244 Å². The molecule has 2 aromatic heterocycles. The number of carbonyl (C=O) groups is 7. The van der Waals surface area contributed by atoms with E-state index in [1.165, 1.54) is 23.1 Å². The van der Waals surface area contributed by atoms with Gasteiger partial charge in [0.05, 0.1) is 35.6 Å². The fraction of sp³-hybridized carbons (Fsp3) is 0.489. The predicted molar refractivity (Wildman–Crippen MR) is 233 cm³/mol. The Hall–Kier alpha value is -6.34. The number of aliphatic hydroxyl groups excluding tert-OH is 1. The summed E-state index contributed by atoms with van der Waals surface area (Å²) in [7, 11) is 0. The van der Waals surface area contributed by atoms with E-state index >= 15 is 0 Å². The molecule has 3 aliphatic heterocycles. The van der Waals surface area contributed by atoms with Gasteiger partial charge in [0.15, 0.2) is 6.10 Å². The number of fused-ring (bicyclic) bond motifs is 5. The summed E-state index contributed by atoms with van der Waals surface area (Å²) in [6.45, 7) is 11.8. The van der Waals surface area contributed by atoms with E-state index in [0.29, 0.717) is 80.6 Å². The van der Waals surface area contributed by atoms with Crippen molar-refractivity contribution in [3.05, 3.63) is 74.3 Å².